The first kappa shape index (κ1) is 11.3. The van der Waals surface area contributed by atoms with E-state index in [0.717, 1.165) is 5.69 Å². The van der Waals surface area contributed by atoms with Crippen LogP contribution in [0.2, 0.25) is 5.15 Å². The Morgan fingerprint density at radius 2 is 2.29 bits per heavy atom. The Hall–Kier alpha value is -0.750. The molecule has 0 aliphatic rings. The van der Waals surface area contributed by atoms with Crippen LogP contribution in [0.5, 0.6) is 0 Å². The Balaban J connectivity index is 2.28. The van der Waals surface area contributed by atoms with Crippen molar-refractivity contribution in [2.45, 2.75) is 12.6 Å². The number of nitrogens with two attached hydrogens (primary N) is 1. The molecule has 78 valence electrons. The second kappa shape index (κ2) is 5.87. The number of nitrogens with zero attached hydrogens (tertiary/aromatic N) is 2. The highest BCUT2D eigenvalue weighted by atomic mass is 35.5. The van der Waals surface area contributed by atoms with Gasteiger partial charge in [0.15, 0.2) is 5.15 Å². The number of aromatic nitrogens is 2. The third-order valence-corrected chi connectivity index (χ3v) is 1.84. The summed E-state index contributed by atoms with van der Waals surface area (Å²) in [6, 6.07) is 3.22. The summed E-state index contributed by atoms with van der Waals surface area (Å²) in [7, 11) is 0. The van der Waals surface area contributed by atoms with Crippen molar-refractivity contribution in [1.82, 2.24) is 15.5 Å². The van der Waals surface area contributed by atoms with Gasteiger partial charge < -0.3 is 16.2 Å². The fourth-order valence-corrected chi connectivity index (χ4v) is 0.989. The summed E-state index contributed by atoms with van der Waals surface area (Å²) in [5.41, 5.74) is 6.28. The average molecular weight is 217 g/mol. The van der Waals surface area contributed by atoms with Gasteiger partial charge >= 0.3 is 0 Å². The highest BCUT2D eigenvalue weighted by Crippen LogP contribution is 2.01. The van der Waals surface area contributed by atoms with E-state index in [1.165, 1.54) is 0 Å². The van der Waals surface area contributed by atoms with Crippen molar-refractivity contribution in [3.05, 3.63) is 23.0 Å². The van der Waals surface area contributed by atoms with E-state index in [9.17, 15) is 0 Å². The zero-order valence-electron chi connectivity index (χ0n) is 7.65. The minimum absolute atomic E-state index is 0.0285. The number of aliphatic hydroxyl groups is 1. The maximum atomic E-state index is 8.66. The number of halogens is 1. The Kier molecular flexibility index (Phi) is 4.75. The monoisotopic (exact) mass is 216 g/mol. The van der Waals surface area contributed by atoms with Crippen molar-refractivity contribution in [3.8, 4) is 0 Å². The number of nitrogens with one attached hydrogen (secondary N) is 1. The van der Waals surface area contributed by atoms with Crippen molar-refractivity contribution in [1.29, 1.82) is 0 Å². The summed E-state index contributed by atoms with van der Waals surface area (Å²) < 4.78 is 0. The highest BCUT2D eigenvalue weighted by molar-refractivity contribution is 6.29. The predicted octanol–water partition coefficient (Wildman–Crippen LogP) is -0.461. The summed E-state index contributed by atoms with van der Waals surface area (Å²) in [5.74, 6) is 0. The van der Waals surface area contributed by atoms with Gasteiger partial charge in [-0.15, -0.1) is 5.10 Å². The van der Waals surface area contributed by atoms with Gasteiger partial charge in [-0.25, -0.2) is 0 Å². The lowest BCUT2D eigenvalue weighted by atomic mass is 10.3. The van der Waals surface area contributed by atoms with Gasteiger partial charge in [-0.1, -0.05) is 11.6 Å². The van der Waals surface area contributed by atoms with E-state index in [1.807, 2.05) is 0 Å². The van der Waals surface area contributed by atoms with Crippen LogP contribution in [0.1, 0.15) is 5.69 Å². The minimum Gasteiger partial charge on any atom is -0.395 e. The molecule has 0 spiro atoms. The molecule has 1 aromatic rings. The van der Waals surface area contributed by atoms with Crippen molar-refractivity contribution >= 4 is 11.6 Å². The lowest BCUT2D eigenvalue weighted by Crippen LogP contribution is -2.36. The molecule has 0 fully saturated rings. The van der Waals surface area contributed by atoms with Crippen LogP contribution in [-0.4, -0.2) is 34.5 Å². The molecule has 0 aliphatic heterocycles. The molecule has 6 heteroatoms. The molecular formula is C8H13ClN4O. The lowest BCUT2D eigenvalue weighted by Gasteiger charge is -2.08. The standard InChI is InChI=1S/C8H13ClN4O/c9-8-2-1-7(12-13-8)4-11-3-6(10)5-14/h1-2,6,11,14H,3-5,10H2. The second-order valence-corrected chi connectivity index (χ2v) is 3.31. The minimum atomic E-state index is -0.241. The van der Waals surface area contributed by atoms with Crippen LogP contribution >= 0.6 is 11.6 Å². The molecule has 4 N–H and O–H groups in total. The molecule has 14 heavy (non-hydrogen) atoms. The maximum absolute atomic E-state index is 8.66. The van der Waals surface area contributed by atoms with Crippen LogP contribution < -0.4 is 11.1 Å². The number of rotatable bonds is 5. The van der Waals surface area contributed by atoms with Crippen LogP contribution in [0.25, 0.3) is 0 Å². The largest absolute Gasteiger partial charge is 0.395 e. The van der Waals surface area contributed by atoms with Gasteiger partial charge in [0.25, 0.3) is 0 Å². The Bertz CT molecular complexity index is 267. The highest BCUT2D eigenvalue weighted by Gasteiger charge is 2.00. The number of hydrogen-bond acceptors (Lipinski definition) is 5. The molecule has 5 nitrogen and oxygen atoms in total. The third-order valence-electron chi connectivity index (χ3n) is 1.63. The molecule has 0 saturated heterocycles. The fourth-order valence-electron chi connectivity index (χ4n) is 0.888. The summed E-state index contributed by atoms with van der Waals surface area (Å²) in [5, 5.41) is 19.6. The molecular weight excluding hydrogens is 204 g/mol. The van der Waals surface area contributed by atoms with Crippen molar-refractivity contribution < 1.29 is 5.11 Å². The predicted molar refractivity (Wildman–Crippen MR) is 53.8 cm³/mol. The van der Waals surface area contributed by atoms with Gasteiger partial charge in [0.2, 0.25) is 0 Å². The molecule has 0 radical (unpaired) electrons. The van der Waals surface area contributed by atoms with Crippen molar-refractivity contribution in [3.63, 3.8) is 0 Å². The van der Waals surface area contributed by atoms with E-state index in [4.69, 9.17) is 22.4 Å². The van der Waals surface area contributed by atoms with Gasteiger partial charge in [-0.2, -0.15) is 5.10 Å². The smallest absolute Gasteiger partial charge is 0.151 e. The first-order valence-electron chi connectivity index (χ1n) is 4.27. The van der Waals surface area contributed by atoms with Crippen LogP contribution in [0.15, 0.2) is 12.1 Å². The first-order valence-corrected chi connectivity index (χ1v) is 4.65. The quantitative estimate of drug-likeness (QED) is 0.620. The van der Waals surface area contributed by atoms with Crippen molar-refractivity contribution in [2.24, 2.45) is 5.73 Å². The molecule has 1 aromatic heterocycles. The SMILES string of the molecule is NC(CO)CNCc1ccc(Cl)nn1. The topological polar surface area (TPSA) is 84.1 Å². The molecule has 0 aromatic carbocycles. The molecule has 0 aliphatic carbocycles. The maximum Gasteiger partial charge on any atom is 0.151 e. The van der Waals surface area contributed by atoms with Crippen LogP contribution in [-0.2, 0) is 6.54 Å². The summed E-state index contributed by atoms with van der Waals surface area (Å²) in [4.78, 5) is 0. The van der Waals surface area contributed by atoms with Crippen molar-refractivity contribution in [2.75, 3.05) is 13.2 Å². The second-order valence-electron chi connectivity index (χ2n) is 2.92. The number of aliphatic hydroxyl groups excluding tert-OH is 1. The number of hydrogen-bond donors (Lipinski definition) is 3. The molecule has 1 rings (SSSR count). The van der Waals surface area contributed by atoms with Gasteiger partial charge in [0, 0.05) is 19.1 Å². The van der Waals surface area contributed by atoms with Gasteiger partial charge in [-0.05, 0) is 12.1 Å². The molecule has 1 atom stereocenters. The Labute approximate surface area is 87.3 Å². The molecule has 1 unspecified atom stereocenters. The Morgan fingerprint density at radius 1 is 1.50 bits per heavy atom. The van der Waals surface area contributed by atoms with E-state index >= 15 is 0 Å². The fraction of sp³-hybridized carbons (Fsp3) is 0.500. The van der Waals surface area contributed by atoms with E-state index < -0.39 is 0 Å². The van der Waals surface area contributed by atoms with Gasteiger partial charge in [-0.3, -0.25) is 0 Å². The van der Waals surface area contributed by atoms with Gasteiger partial charge in [0.05, 0.1) is 12.3 Å². The third kappa shape index (κ3) is 3.97. The molecule has 1 heterocycles. The van der Waals surface area contributed by atoms with Crippen LogP contribution in [0.4, 0.5) is 0 Å². The van der Waals surface area contributed by atoms with E-state index in [-0.39, 0.29) is 12.6 Å². The normalized spacial score (nSPS) is 12.8. The molecule has 0 bridgehead atoms. The Morgan fingerprint density at radius 3 is 2.86 bits per heavy atom. The zero-order chi connectivity index (χ0) is 10.4. The summed E-state index contributed by atoms with van der Waals surface area (Å²) in [6.45, 7) is 1.08. The summed E-state index contributed by atoms with van der Waals surface area (Å²) >= 11 is 5.57. The van der Waals surface area contributed by atoms with Crippen LogP contribution in [0, 0.1) is 0 Å². The lowest BCUT2D eigenvalue weighted by molar-refractivity contribution is 0.262. The summed E-state index contributed by atoms with van der Waals surface area (Å²) in [6.07, 6.45) is 0. The first-order chi connectivity index (χ1) is 6.72. The van der Waals surface area contributed by atoms with E-state index in [1.54, 1.807) is 12.1 Å². The van der Waals surface area contributed by atoms with Crippen LogP contribution in [0.3, 0.4) is 0 Å². The molecule has 0 amide bonds. The molecule has 0 saturated carbocycles. The average Bonchev–Trinajstić information content (AvgIpc) is 2.21. The van der Waals surface area contributed by atoms with E-state index in [2.05, 4.69) is 15.5 Å². The zero-order valence-corrected chi connectivity index (χ0v) is 8.41. The van der Waals surface area contributed by atoms with E-state index in [0.29, 0.717) is 18.2 Å². The van der Waals surface area contributed by atoms with Gasteiger partial charge in [0.1, 0.15) is 0 Å².